The van der Waals surface area contributed by atoms with Gasteiger partial charge in [-0.25, -0.2) is 4.98 Å². The number of amides is 1. The van der Waals surface area contributed by atoms with Crippen LogP contribution in [0.25, 0.3) is 0 Å². The fourth-order valence-electron chi connectivity index (χ4n) is 2.66. The maximum atomic E-state index is 12.6. The number of hydrogen-bond acceptors (Lipinski definition) is 7. The summed E-state index contributed by atoms with van der Waals surface area (Å²) in [6, 6.07) is 13.9. The van der Waals surface area contributed by atoms with Crippen molar-refractivity contribution >= 4 is 40.4 Å². The molecule has 1 heterocycles. The maximum Gasteiger partial charge on any atom is 0.292 e. The summed E-state index contributed by atoms with van der Waals surface area (Å²) in [5.41, 5.74) is 2.05. The van der Waals surface area contributed by atoms with Crippen molar-refractivity contribution in [3.63, 3.8) is 0 Å². The van der Waals surface area contributed by atoms with E-state index in [1.54, 1.807) is 47.4 Å². The molecule has 1 aromatic heterocycles. The summed E-state index contributed by atoms with van der Waals surface area (Å²) < 4.78 is 0. The lowest BCUT2D eigenvalue weighted by molar-refractivity contribution is -0.384. The largest absolute Gasteiger partial charge is 0.378 e. The number of nitro groups is 1. The smallest absolute Gasteiger partial charge is 0.292 e. The van der Waals surface area contributed by atoms with Gasteiger partial charge in [-0.05, 0) is 25.1 Å². The first-order valence-corrected chi connectivity index (χ1v) is 10.8. The van der Waals surface area contributed by atoms with Crippen molar-refractivity contribution in [2.45, 2.75) is 17.6 Å². The zero-order chi connectivity index (χ0) is 20.6. The third-order valence-electron chi connectivity index (χ3n) is 4.00. The Labute approximate surface area is 176 Å². The van der Waals surface area contributed by atoms with E-state index in [1.165, 1.54) is 6.07 Å². The first kappa shape index (κ1) is 20.8. The Morgan fingerprint density at radius 3 is 2.69 bits per heavy atom. The Kier molecular flexibility index (Phi) is 7.20. The number of thioether (sulfide) groups is 1. The number of hydrogen-bond donors (Lipinski definition) is 2. The molecule has 0 unspecified atom stereocenters. The van der Waals surface area contributed by atoms with Gasteiger partial charge in [0, 0.05) is 35.2 Å². The molecule has 0 radical (unpaired) electrons. The third kappa shape index (κ3) is 5.78. The number of benzene rings is 2. The average molecular weight is 429 g/mol. The molecule has 0 bridgehead atoms. The Bertz CT molecular complexity index is 1010. The van der Waals surface area contributed by atoms with Gasteiger partial charge < -0.3 is 10.6 Å². The van der Waals surface area contributed by atoms with Crippen molar-refractivity contribution in [1.29, 1.82) is 0 Å². The fourth-order valence-corrected chi connectivity index (χ4v) is 4.32. The molecule has 29 heavy (non-hydrogen) atoms. The van der Waals surface area contributed by atoms with Gasteiger partial charge in [0.25, 0.3) is 11.6 Å². The minimum atomic E-state index is -0.432. The predicted molar refractivity (Wildman–Crippen MR) is 117 cm³/mol. The normalized spacial score (nSPS) is 10.5. The highest BCUT2D eigenvalue weighted by molar-refractivity contribution is 7.98. The van der Waals surface area contributed by atoms with Crippen LogP contribution in [-0.4, -0.2) is 28.9 Å². The van der Waals surface area contributed by atoms with E-state index in [0.29, 0.717) is 30.1 Å². The summed E-state index contributed by atoms with van der Waals surface area (Å²) in [6.07, 6.45) is 0. The number of thiazole rings is 1. The molecule has 0 atom stereocenters. The van der Waals surface area contributed by atoms with E-state index in [4.69, 9.17) is 0 Å². The molecule has 2 N–H and O–H groups in total. The van der Waals surface area contributed by atoms with Crippen molar-refractivity contribution in [1.82, 2.24) is 10.3 Å². The minimum Gasteiger partial charge on any atom is -0.378 e. The maximum absolute atomic E-state index is 12.6. The number of aromatic nitrogens is 1. The van der Waals surface area contributed by atoms with E-state index in [2.05, 4.69) is 15.6 Å². The first-order chi connectivity index (χ1) is 14.0. The second kappa shape index (κ2) is 10.0. The molecular weight excluding hydrogens is 408 g/mol. The highest BCUT2D eigenvalue weighted by Gasteiger charge is 2.13. The fraction of sp³-hybridized carbons (Fsp3) is 0.200. The van der Waals surface area contributed by atoms with Crippen molar-refractivity contribution in [3.05, 3.63) is 80.3 Å². The third-order valence-corrected chi connectivity index (χ3v) is 5.93. The minimum absolute atomic E-state index is 0.0119. The van der Waals surface area contributed by atoms with E-state index < -0.39 is 4.92 Å². The monoisotopic (exact) mass is 428 g/mol. The van der Waals surface area contributed by atoms with Gasteiger partial charge >= 0.3 is 0 Å². The molecule has 0 saturated carbocycles. The molecule has 150 valence electrons. The topological polar surface area (TPSA) is 97.2 Å². The highest BCUT2D eigenvalue weighted by atomic mass is 32.2. The van der Waals surface area contributed by atoms with E-state index in [9.17, 15) is 14.9 Å². The number of para-hydroxylation sites is 2. The Hall–Kier alpha value is -2.91. The molecule has 0 saturated heterocycles. The zero-order valence-corrected chi connectivity index (χ0v) is 17.4. The lowest BCUT2D eigenvalue weighted by Gasteiger charge is -2.11. The second-order valence-electron chi connectivity index (χ2n) is 6.10. The first-order valence-electron chi connectivity index (χ1n) is 8.93. The molecule has 0 spiro atoms. The van der Waals surface area contributed by atoms with Crippen molar-refractivity contribution in [2.24, 2.45) is 0 Å². The number of aryl methyl sites for hydroxylation is 1. The van der Waals surface area contributed by atoms with Crippen LogP contribution >= 0.6 is 23.1 Å². The lowest BCUT2D eigenvalue weighted by atomic mass is 10.2. The van der Waals surface area contributed by atoms with Crippen molar-refractivity contribution in [3.8, 4) is 0 Å². The van der Waals surface area contributed by atoms with Gasteiger partial charge in [0.05, 0.1) is 21.2 Å². The van der Waals surface area contributed by atoms with Gasteiger partial charge in [0.15, 0.2) is 0 Å². The van der Waals surface area contributed by atoms with Gasteiger partial charge in [-0.15, -0.1) is 23.1 Å². The summed E-state index contributed by atoms with van der Waals surface area (Å²) >= 11 is 3.19. The summed E-state index contributed by atoms with van der Waals surface area (Å²) in [6.45, 7) is 2.69. The highest BCUT2D eigenvalue weighted by Crippen LogP contribution is 2.27. The van der Waals surface area contributed by atoms with Crippen LogP contribution < -0.4 is 10.6 Å². The molecule has 9 heteroatoms. The SMILES string of the molecule is Cc1nc(CSc2ccccc2C(=O)NCCNc2ccccc2[N+](=O)[O-])cs1. The summed E-state index contributed by atoms with van der Waals surface area (Å²) in [4.78, 5) is 28.5. The molecule has 3 rings (SSSR count). The van der Waals surface area contributed by atoms with Crippen LogP contribution in [0.2, 0.25) is 0 Å². The molecule has 0 aliphatic carbocycles. The van der Waals surface area contributed by atoms with Crippen LogP contribution in [0.3, 0.4) is 0 Å². The molecule has 0 aliphatic rings. The summed E-state index contributed by atoms with van der Waals surface area (Å²) in [7, 11) is 0. The van der Waals surface area contributed by atoms with Gasteiger partial charge in [-0.2, -0.15) is 0 Å². The number of nitrogens with one attached hydrogen (secondary N) is 2. The molecule has 3 aromatic rings. The number of carbonyl (C=O) groups is 1. The number of anilines is 1. The van der Waals surface area contributed by atoms with E-state index in [-0.39, 0.29) is 11.6 Å². The van der Waals surface area contributed by atoms with Crippen molar-refractivity contribution < 1.29 is 9.72 Å². The van der Waals surface area contributed by atoms with Gasteiger partial charge in [0.1, 0.15) is 5.69 Å². The lowest BCUT2D eigenvalue weighted by Crippen LogP contribution is -2.29. The van der Waals surface area contributed by atoms with Crippen LogP contribution in [0.1, 0.15) is 21.1 Å². The molecular formula is C20H20N4O3S2. The van der Waals surface area contributed by atoms with Gasteiger partial charge in [0.2, 0.25) is 0 Å². The Balaban J connectivity index is 1.54. The molecule has 7 nitrogen and oxygen atoms in total. The molecule has 1 amide bonds. The quantitative estimate of drug-likeness (QED) is 0.225. The zero-order valence-electron chi connectivity index (χ0n) is 15.8. The second-order valence-corrected chi connectivity index (χ2v) is 8.18. The number of nitrogens with zero attached hydrogens (tertiary/aromatic N) is 2. The van der Waals surface area contributed by atoms with Crippen LogP contribution in [0, 0.1) is 17.0 Å². The van der Waals surface area contributed by atoms with Gasteiger partial charge in [-0.3, -0.25) is 14.9 Å². The van der Waals surface area contributed by atoms with Crippen LogP contribution in [-0.2, 0) is 5.75 Å². The molecule has 0 aliphatic heterocycles. The Morgan fingerprint density at radius 2 is 1.93 bits per heavy atom. The summed E-state index contributed by atoms with van der Waals surface area (Å²) in [5.74, 6) is 0.528. The Morgan fingerprint density at radius 1 is 1.17 bits per heavy atom. The number of rotatable bonds is 9. The molecule has 2 aromatic carbocycles. The van der Waals surface area contributed by atoms with Crippen LogP contribution in [0.4, 0.5) is 11.4 Å². The van der Waals surface area contributed by atoms with E-state index in [0.717, 1.165) is 15.6 Å². The van der Waals surface area contributed by atoms with E-state index >= 15 is 0 Å². The number of nitro benzene ring substituents is 1. The van der Waals surface area contributed by atoms with Crippen LogP contribution in [0.15, 0.2) is 58.8 Å². The van der Waals surface area contributed by atoms with E-state index in [1.807, 2.05) is 30.5 Å². The predicted octanol–water partition coefficient (Wildman–Crippen LogP) is 4.49. The molecule has 0 fully saturated rings. The average Bonchev–Trinajstić information content (AvgIpc) is 3.15. The standard InChI is InChI=1S/C20H20N4O3S2/c1-14-23-15(12-28-14)13-29-19-9-5-2-6-16(19)20(25)22-11-10-21-17-7-3-4-8-18(17)24(26)27/h2-9,12,21H,10-11,13H2,1H3,(H,22,25). The van der Waals surface area contributed by atoms with Crippen LogP contribution in [0.5, 0.6) is 0 Å². The number of carbonyl (C=O) groups excluding carboxylic acids is 1. The van der Waals surface area contributed by atoms with Gasteiger partial charge in [-0.1, -0.05) is 24.3 Å². The summed E-state index contributed by atoms with van der Waals surface area (Å²) in [5, 5.41) is 20.0. The van der Waals surface area contributed by atoms with Crippen molar-refractivity contribution in [2.75, 3.05) is 18.4 Å².